The smallest absolute Gasteiger partial charge is 0.330 e. The van der Waals surface area contributed by atoms with Gasteiger partial charge < -0.3 is 92.2 Å². The summed E-state index contributed by atoms with van der Waals surface area (Å²) in [5.74, 6) is -1.87. The molecular formula is C39H78O21. The van der Waals surface area contributed by atoms with Gasteiger partial charge in [-0.1, -0.05) is 13.2 Å². The highest BCUT2D eigenvalue weighted by molar-refractivity contribution is 5.85. The molecule has 0 bridgehead atoms. The fourth-order valence-corrected chi connectivity index (χ4v) is 2.87. The van der Waals surface area contributed by atoms with E-state index >= 15 is 0 Å². The average molecular weight is 883 g/mol. The number of carbonyl (C=O) groups is 2. The molecule has 0 aliphatic rings. The van der Waals surface area contributed by atoms with Gasteiger partial charge in [0.1, 0.15) is 0 Å². The monoisotopic (exact) mass is 883 g/mol. The average Bonchev–Trinajstić information content (AvgIpc) is 3.22. The van der Waals surface area contributed by atoms with Crippen molar-refractivity contribution in [3.05, 3.63) is 24.3 Å². The van der Waals surface area contributed by atoms with Crippen molar-refractivity contribution in [2.45, 2.75) is 26.9 Å². The Morgan fingerprint density at radius 1 is 0.367 bits per heavy atom. The highest BCUT2D eigenvalue weighted by atomic mass is 16.6. The Labute approximate surface area is 356 Å². The highest BCUT2D eigenvalue weighted by Gasteiger charge is 1.97. The van der Waals surface area contributed by atoms with Crippen LogP contribution in [0.15, 0.2) is 24.3 Å². The lowest BCUT2D eigenvalue weighted by Crippen LogP contribution is -2.15. The van der Waals surface area contributed by atoms with E-state index in [2.05, 4.69) is 13.2 Å². The molecule has 0 saturated heterocycles. The molecule has 1 atom stereocenters. The summed E-state index contributed by atoms with van der Waals surface area (Å²) in [6.07, 6.45) is -0.560. The van der Waals surface area contributed by atoms with E-state index in [-0.39, 0.29) is 31.0 Å². The van der Waals surface area contributed by atoms with Crippen LogP contribution in [-0.2, 0) is 71.2 Å². The topological polar surface area (TPSA) is 276 Å². The third-order valence-corrected chi connectivity index (χ3v) is 5.93. The molecule has 0 aromatic rings. The van der Waals surface area contributed by atoms with Crippen molar-refractivity contribution in [1.29, 1.82) is 0 Å². The number of aliphatic carboxylic acids is 2. The quantitative estimate of drug-likeness (QED) is 0.0343. The van der Waals surface area contributed by atoms with E-state index in [0.717, 1.165) is 0 Å². The summed E-state index contributed by atoms with van der Waals surface area (Å²) in [5, 5.41) is 48.9. The number of carboxylic acid groups (broad SMARTS) is 2. The van der Waals surface area contributed by atoms with E-state index in [1.807, 2.05) is 0 Å². The van der Waals surface area contributed by atoms with Gasteiger partial charge in [-0.3, -0.25) is 0 Å². The van der Waals surface area contributed by atoms with E-state index < -0.39 is 18.0 Å². The molecule has 0 heterocycles. The van der Waals surface area contributed by atoms with Gasteiger partial charge in [-0.15, -0.1) is 0 Å². The van der Waals surface area contributed by atoms with Crippen LogP contribution < -0.4 is 0 Å². The summed E-state index contributed by atoms with van der Waals surface area (Å²) in [6.45, 7) is 23.2. The number of aliphatic hydroxyl groups is 4. The van der Waals surface area contributed by atoms with Crippen LogP contribution in [0.5, 0.6) is 0 Å². The molecule has 6 N–H and O–H groups in total. The molecule has 0 fully saturated rings. The third-order valence-electron chi connectivity index (χ3n) is 5.93. The van der Waals surface area contributed by atoms with Crippen LogP contribution in [-0.4, -0.2) is 240 Å². The van der Waals surface area contributed by atoms with Crippen molar-refractivity contribution >= 4 is 11.9 Å². The zero-order valence-corrected chi connectivity index (χ0v) is 36.3. The minimum absolute atomic E-state index is 0.0234. The van der Waals surface area contributed by atoms with E-state index in [1.165, 1.54) is 20.8 Å². The summed E-state index contributed by atoms with van der Waals surface area (Å²) in [7, 11) is 0. The molecule has 21 heteroatoms. The van der Waals surface area contributed by atoms with Gasteiger partial charge in [0.2, 0.25) is 0 Å². The number of rotatable bonds is 43. The van der Waals surface area contributed by atoms with Crippen LogP contribution in [0.4, 0.5) is 0 Å². The maximum atomic E-state index is 9.60. The molecule has 1 unspecified atom stereocenters. The van der Waals surface area contributed by atoms with Crippen LogP contribution >= 0.6 is 0 Å². The molecule has 0 radical (unpaired) electrons. The Kier molecular flexibility index (Phi) is 63.1. The summed E-state index contributed by atoms with van der Waals surface area (Å²) in [4.78, 5) is 19.2. The molecule has 0 aliphatic heterocycles. The summed E-state index contributed by atoms with van der Waals surface area (Å²) < 4.78 is 69.7. The zero-order chi connectivity index (χ0) is 45.6. The Morgan fingerprint density at radius 2 is 0.467 bits per heavy atom. The lowest BCUT2D eigenvalue weighted by atomic mass is 10.4. The first kappa shape index (κ1) is 64.4. The van der Waals surface area contributed by atoms with E-state index in [1.54, 1.807) is 0 Å². The zero-order valence-electron chi connectivity index (χ0n) is 36.3. The van der Waals surface area contributed by atoms with Crippen molar-refractivity contribution in [3.63, 3.8) is 0 Å². The number of hydrogen-bond donors (Lipinski definition) is 6. The van der Waals surface area contributed by atoms with Crippen molar-refractivity contribution < 1.29 is 102 Å². The fourth-order valence-electron chi connectivity index (χ4n) is 2.87. The molecule has 0 aromatic heterocycles. The predicted molar refractivity (Wildman–Crippen MR) is 218 cm³/mol. The minimum Gasteiger partial charge on any atom is -0.478 e. The Morgan fingerprint density at radius 3 is 0.533 bits per heavy atom. The molecular weight excluding hydrogens is 804 g/mol. The first-order valence-electron chi connectivity index (χ1n) is 19.8. The van der Waals surface area contributed by atoms with Gasteiger partial charge in [-0.05, 0) is 20.8 Å². The molecule has 0 rings (SSSR count). The summed E-state index contributed by atoms with van der Waals surface area (Å²) >= 11 is 0. The van der Waals surface area contributed by atoms with E-state index in [0.29, 0.717) is 172 Å². The van der Waals surface area contributed by atoms with Crippen molar-refractivity contribution in [2.75, 3.05) is 192 Å². The molecule has 60 heavy (non-hydrogen) atoms. The van der Waals surface area contributed by atoms with Crippen LogP contribution in [0.2, 0.25) is 0 Å². The third kappa shape index (κ3) is 73.3. The van der Waals surface area contributed by atoms with Crippen LogP contribution in [0.25, 0.3) is 0 Å². The number of carboxylic acids is 2. The number of hydrogen-bond acceptors (Lipinski definition) is 19. The van der Waals surface area contributed by atoms with Crippen LogP contribution in [0.1, 0.15) is 20.8 Å². The van der Waals surface area contributed by atoms with Crippen LogP contribution in [0.3, 0.4) is 0 Å². The molecule has 0 aliphatic carbocycles. The Balaban J connectivity index is -0.000000764. The molecule has 0 amide bonds. The lowest BCUT2D eigenvalue weighted by Gasteiger charge is -2.09. The van der Waals surface area contributed by atoms with Crippen LogP contribution in [0, 0.1) is 0 Å². The van der Waals surface area contributed by atoms with Gasteiger partial charge >= 0.3 is 11.9 Å². The SMILES string of the molecule is C=C(C)C(=O)O.C=C(C)C(=O)O.CC(O)CO.OCCOCCOCCOCCOCCOCCOCCOCCOCCOCCOCCOCCOCCOCCO. The second kappa shape index (κ2) is 58.8. The van der Waals surface area contributed by atoms with E-state index in [4.69, 9.17) is 92.2 Å². The lowest BCUT2D eigenvalue weighted by molar-refractivity contribution is -0.133. The second-order valence-corrected chi connectivity index (χ2v) is 11.6. The van der Waals surface area contributed by atoms with E-state index in [9.17, 15) is 9.59 Å². The Bertz CT molecular complexity index is 793. The van der Waals surface area contributed by atoms with Gasteiger partial charge in [-0.25, -0.2) is 9.59 Å². The maximum Gasteiger partial charge on any atom is 0.330 e. The van der Waals surface area contributed by atoms with Gasteiger partial charge in [0.25, 0.3) is 0 Å². The Hall–Kier alpha value is -2.26. The molecule has 0 spiro atoms. The first-order chi connectivity index (χ1) is 29.0. The van der Waals surface area contributed by atoms with Crippen molar-refractivity contribution in [3.8, 4) is 0 Å². The standard InChI is InChI=1S/C28H58O15.2C4H6O2.C3H8O2/c29-1-3-31-5-7-33-9-11-35-13-15-37-17-19-39-21-23-41-25-27-43-28-26-42-24-22-40-20-18-38-16-14-36-12-10-34-8-6-32-4-2-30;2*1-3(2)4(5)6;1-3(5)2-4/h29-30H,1-28H2;2*1H2,2H3,(H,5,6);3-5H,2H2,1H3. The van der Waals surface area contributed by atoms with Crippen molar-refractivity contribution in [2.24, 2.45) is 0 Å². The fraction of sp³-hybridized carbons (Fsp3) is 0.846. The molecule has 360 valence electrons. The van der Waals surface area contributed by atoms with Gasteiger partial charge in [0, 0.05) is 11.1 Å². The van der Waals surface area contributed by atoms with Gasteiger partial charge in [-0.2, -0.15) is 0 Å². The largest absolute Gasteiger partial charge is 0.478 e. The van der Waals surface area contributed by atoms with Gasteiger partial charge in [0.05, 0.1) is 198 Å². The second-order valence-electron chi connectivity index (χ2n) is 11.6. The highest BCUT2D eigenvalue weighted by Crippen LogP contribution is 1.88. The molecule has 21 nitrogen and oxygen atoms in total. The molecule has 0 aromatic carbocycles. The summed E-state index contributed by atoms with van der Waals surface area (Å²) in [6, 6.07) is 0. The number of aliphatic hydroxyl groups excluding tert-OH is 4. The molecule has 0 saturated carbocycles. The minimum atomic E-state index is -0.935. The number of ether oxygens (including phenoxy) is 13. The normalized spacial score (nSPS) is 11.1. The van der Waals surface area contributed by atoms with Gasteiger partial charge in [0.15, 0.2) is 0 Å². The predicted octanol–water partition coefficient (Wildman–Crippen LogP) is -0.159. The van der Waals surface area contributed by atoms with Crippen molar-refractivity contribution in [1.82, 2.24) is 0 Å². The maximum absolute atomic E-state index is 9.60. The first-order valence-corrected chi connectivity index (χ1v) is 19.8. The summed E-state index contributed by atoms with van der Waals surface area (Å²) in [5.41, 5.74) is 0.352.